The number of nitrogens with two attached hydrogens (primary N) is 1. The maximum absolute atomic E-state index is 5.60. The summed E-state index contributed by atoms with van der Waals surface area (Å²) in [6.07, 6.45) is 1.31. The molecule has 2 rings (SSSR count). The third-order valence-corrected chi connectivity index (χ3v) is 2.62. The highest BCUT2D eigenvalue weighted by Gasteiger charge is 2.32. The number of hydrogen-bond acceptors (Lipinski definition) is 2. The van der Waals surface area contributed by atoms with Crippen LogP contribution < -0.4 is 10.5 Å². The van der Waals surface area contributed by atoms with Crippen LogP contribution in [0.15, 0.2) is 24.3 Å². The lowest BCUT2D eigenvalue weighted by atomic mass is 10.3. The topological polar surface area (TPSA) is 35.2 Å². The van der Waals surface area contributed by atoms with Crippen molar-refractivity contribution in [3.63, 3.8) is 0 Å². The van der Waals surface area contributed by atoms with Gasteiger partial charge in [-0.3, -0.25) is 0 Å². The third-order valence-electron chi connectivity index (χ3n) is 2.62. The highest BCUT2D eigenvalue weighted by atomic mass is 16.5. The Morgan fingerprint density at radius 2 is 2.00 bits per heavy atom. The number of nitrogen functional groups attached to an aromatic ring is 1. The Morgan fingerprint density at radius 3 is 2.54 bits per heavy atom. The summed E-state index contributed by atoms with van der Waals surface area (Å²) in [5.41, 5.74) is 6.35. The molecule has 0 spiro atoms. The van der Waals surface area contributed by atoms with E-state index in [1.165, 1.54) is 6.42 Å². The quantitative estimate of drug-likeness (QED) is 0.719. The van der Waals surface area contributed by atoms with Gasteiger partial charge in [0.1, 0.15) is 5.75 Å². The standard InChI is InChI=1S/C11H15NO/c1-8-6-9(8)7-13-11-4-2-10(12)3-5-11/h2-5,8-9H,6-7,12H2,1H3/t8-,9+/m1/s1. The fourth-order valence-corrected chi connectivity index (χ4v) is 1.40. The van der Waals surface area contributed by atoms with E-state index in [0.717, 1.165) is 29.9 Å². The monoisotopic (exact) mass is 177 g/mol. The number of benzene rings is 1. The van der Waals surface area contributed by atoms with Crippen molar-refractivity contribution in [2.24, 2.45) is 11.8 Å². The normalized spacial score (nSPS) is 25.6. The van der Waals surface area contributed by atoms with Crippen LogP contribution in [0, 0.1) is 11.8 Å². The Bertz CT molecular complexity index is 281. The zero-order chi connectivity index (χ0) is 9.26. The van der Waals surface area contributed by atoms with Crippen LogP contribution in [-0.4, -0.2) is 6.61 Å². The van der Waals surface area contributed by atoms with Crippen LogP contribution in [0.4, 0.5) is 5.69 Å². The first-order valence-electron chi connectivity index (χ1n) is 4.74. The molecule has 0 aliphatic heterocycles. The Labute approximate surface area is 78.7 Å². The van der Waals surface area contributed by atoms with Crippen LogP contribution in [0.5, 0.6) is 5.75 Å². The highest BCUT2D eigenvalue weighted by molar-refractivity contribution is 5.41. The van der Waals surface area contributed by atoms with Gasteiger partial charge in [0.2, 0.25) is 0 Å². The number of rotatable bonds is 3. The van der Waals surface area contributed by atoms with Gasteiger partial charge in [-0.05, 0) is 42.5 Å². The fourth-order valence-electron chi connectivity index (χ4n) is 1.40. The van der Waals surface area contributed by atoms with Gasteiger partial charge in [0.05, 0.1) is 6.61 Å². The van der Waals surface area contributed by atoms with Crippen LogP contribution >= 0.6 is 0 Å². The molecule has 1 fully saturated rings. The van der Waals surface area contributed by atoms with Crippen LogP contribution in [-0.2, 0) is 0 Å². The largest absolute Gasteiger partial charge is 0.493 e. The van der Waals surface area contributed by atoms with E-state index in [2.05, 4.69) is 6.92 Å². The minimum Gasteiger partial charge on any atom is -0.493 e. The molecule has 0 aromatic heterocycles. The second-order valence-electron chi connectivity index (χ2n) is 3.85. The van der Waals surface area contributed by atoms with E-state index >= 15 is 0 Å². The van der Waals surface area contributed by atoms with Gasteiger partial charge in [-0.2, -0.15) is 0 Å². The van der Waals surface area contributed by atoms with Gasteiger partial charge in [0, 0.05) is 5.69 Å². The van der Waals surface area contributed by atoms with E-state index < -0.39 is 0 Å². The molecule has 2 heteroatoms. The summed E-state index contributed by atoms with van der Waals surface area (Å²) in [6.45, 7) is 3.11. The Kier molecular flexibility index (Phi) is 2.13. The fraction of sp³-hybridized carbons (Fsp3) is 0.455. The van der Waals surface area contributed by atoms with Gasteiger partial charge in [0.15, 0.2) is 0 Å². The van der Waals surface area contributed by atoms with Crippen molar-refractivity contribution in [3.05, 3.63) is 24.3 Å². The van der Waals surface area contributed by atoms with Crippen molar-refractivity contribution in [2.75, 3.05) is 12.3 Å². The molecule has 2 atom stereocenters. The van der Waals surface area contributed by atoms with Crippen LogP contribution in [0.1, 0.15) is 13.3 Å². The summed E-state index contributed by atoms with van der Waals surface area (Å²) in [5, 5.41) is 0. The second-order valence-corrected chi connectivity index (χ2v) is 3.85. The first-order chi connectivity index (χ1) is 6.25. The number of ether oxygens (including phenoxy) is 1. The molecule has 0 saturated heterocycles. The first-order valence-corrected chi connectivity index (χ1v) is 4.74. The molecule has 1 aliphatic carbocycles. The molecule has 0 amide bonds. The molecule has 13 heavy (non-hydrogen) atoms. The molecule has 0 unspecified atom stereocenters. The first kappa shape index (κ1) is 8.42. The smallest absolute Gasteiger partial charge is 0.119 e. The number of hydrogen-bond donors (Lipinski definition) is 1. The molecular weight excluding hydrogens is 162 g/mol. The van der Waals surface area contributed by atoms with E-state index in [4.69, 9.17) is 10.5 Å². The van der Waals surface area contributed by atoms with Gasteiger partial charge < -0.3 is 10.5 Å². The van der Waals surface area contributed by atoms with Crippen LogP contribution in [0.3, 0.4) is 0 Å². The summed E-state index contributed by atoms with van der Waals surface area (Å²) < 4.78 is 5.60. The van der Waals surface area contributed by atoms with Crippen molar-refractivity contribution in [1.82, 2.24) is 0 Å². The molecule has 1 aromatic carbocycles. The predicted molar refractivity (Wildman–Crippen MR) is 53.6 cm³/mol. The lowest BCUT2D eigenvalue weighted by molar-refractivity contribution is 0.293. The average Bonchev–Trinajstić information content (AvgIpc) is 2.81. The van der Waals surface area contributed by atoms with Crippen LogP contribution in [0.25, 0.3) is 0 Å². The van der Waals surface area contributed by atoms with Gasteiger partial charge in [-0.15, -0.1) is 0 Å². The lowest BCUT2D eigenvalue weighted by Gasteiger charge is -2.04. The Hall–Kier alpha value is -1.18. The predicted octanol–water partition coefficient (Wildman–Crippen LogP) is 2.30. The van der Waals surface area contributed by atoms with Gasteiger partial charge in [0.25, 0.3) is 0 Å². The summed E-state index contributed by atoms with van der Waals surface area (Å²) in [6, 6.07) is 7.57. The molecule has 0 heterocycles. The molecule has 2 N–H and O–H groups in total. The van der Waals surface area contributed by atoms with E-state index in [0.29, 0.717) is 0 Å². The van der Waals surface area contributed by atoms with Crippen molar-refractivity contribution in [2.45, 2.75) is 13.3 Å². The molecule has 70 valence electrons. The summed E-state index contributed by atoms with van der Waals surface area (Å²) in [4.78, 5) is 0. The molecule has 2 nitrogen and oxygen atoms in total. The maximum Gasteiger partial charge on any atom is 0.119 e. The SMILES string of the molecule is C[C@@H]1C[C@H]1COc1ccc(N)cc1. The minimum atomic E-state index is 0.776. The van der Waals surface area contributed by atoms with E-state index in [-0.39, 0.29) is 0 Å². The summed E-state index contributed by atoms with van der Waals surface area (Å²) in [5.74, 6) is 2.56. The maximum atomic E-state index is 5.60. The average molecular weight is 177 g/mol. The van der Waals surface area contributed by atoms with Gasteiger partial charge in [-0.1, -0.05) is 6.92 Å². The highest BCUT2D eigenvalue weighted by Crippen LogP contribution is 2.37. The Balaban J connectivity index is 1.84. The molecule has 1 aromatic rings. The molecule has 0 bridgehead atoms. The summed E-state index contributed by atoms with van der Waals surface area (Å²) in [7, 11) is 0. The van der Waals surface area contributed by atoms with E-state index in [1.807, 2.05) is 24.3 Å². The zero-order valence-corrected chi connectivity index (χ0v) is 7.86. The second kappa shape index (κ2) is 3.29. The third kappa shape index (κ3) is 2.14. The molecule has 0 radical (unpaired) electrons. The molecular formula is C11H15NO. The minimum absolute atomic E-state index is 0.776. The Morgan fingerprint density at radius 1 is 1.38 bits per heavy atom. The summed E-state index contributed by atoms with van der Waals surface area (Å²) >= 11 is 0. The van der Waals surface area contributed by atoms with Crippen LogP contribution in [0.2, 0.25) is 0 Å². The molecule has 1 aliphatic rings. The zero-order valence-electron chi connectivity index (χ0n) is 7.86. The van der Waals surface area contributed by atoms with Crippen molar-refractivity contribution in [1.29, 1.82) is 0 Å². The number of anilines is 1. The van der Waals surface area contributed by atoms with E-state index in [1.54, 1.807) is 0 Å². The van der Waals surface area contributed by atoms with Gasteiger partial charge >= 0.3 is 0 Å². The van der Waals surface area contributed by atoms with Gasteiger partial charge in [-0.25, -0.2) is 0 Å². The van der Waals surface area contributed by atoms with Crippen molar-refractivity contribution < 1.29 is 4.74 Å². The van der Waals surface area contributed by atoms with Crippen molar-refractivity contribution >= 4 is 5.69 Å². The van der Waals surface area contributed by atoms with Crippen molar-refractivity contribution in [3.8, 4) is 5.75 Å². The van der Waals surface area contributed by atoms with E-state index in [9.17, 15) is 0 Å². The molecule has 1 saturated carbocycles. The lowest BCUT2D eigenvalue weighted by Crippen LogP contribution is -2.00.